The normalized spacial score (nSPS) is 21.0. The van der Waals surface area contributed by atoms with Gasteiger partial charge in [0, 0.05) is 18.7 Å². The van der Waals surface area contributed by atoms with E-state index in [0.717, 1.165) is 43.4 Å². The van der Waals surface area contributed by atoms with Gasteiger partial charge < -0.3 is 9.84 Å². The van der Waals surface area contributed by atoms with Crippen molar-refractivity contribution in [1.82, 2.24) is 4.90 Å². The largest absolute Gasteiger partial charge is 0.489 e. The molecule has 2 fully saturated rings. The number of piperidine rings is 1. The van der Waals surface area contributed by atoms with E-state index in [-0.39, 0.29) is 29.4 Å². The van der Waals surface area contributed by atoms with Gasteiger partial charge in [-0.15, -0.1) is 0 Å². The van der Waals surface area contributed by atoms with E-state index in [9.17, 15) is 18.7 Å². The van der Waals surface area contributed by atoms with Gasteiger partial charge in [-0.3, -0.25) is 4.90 Å². The van der Waals surface area contributed by atoms with Crippen LogP contribution in [-0.4, -0.2) is 35.2 Å². The number of hydrogen-bond acceptors (Lipinski definition) is 3. The molecule has 1 saturated heterocycles. The van der Waals surface area contributed by atoms with Gasteiger partial charge in [0.15, 0.2) is 0 Å². The average Bonchev–Trinajstić information content (AvgIpc) is 3.53. The maximum absolute atomic E-state index is 14.3. The Morgan fingerprint density at radius 2 is 1.90 bits per heavy atom. The van der Waals surface area contributed by atoms with Crippen LogP contribution in [0.25, 0.3) is 0 Å². The summed E-state index contributed by atoms with van der Waals surface area (Å²) in [6, 6.07) is 9.34. The molecule has 2 atom stereocenters. The molecule has 4 rings (SSSR count). The smallest absolute Gasteiger partial charge is 0.338 e. The van der Waals surface area contributed by atoms with Crippen molar-refractivity contribution in [3.63, 3.8) is 0 Å². The van der Waals surface area contributed by atoms with Gasteiger partial charge in [0.05, 0.1) is 5.56 Å². The zero-order chi connectivity index (χ0) is 20.5. The summed E-state index contributed by atoms with van der Waals surface area (Å²) in [5, 5.41) is 9.21. The molecule has 0 amide bonds. The molecule has 6 heteroatoms. The summed E-state index contributed by atoms with van der Waals surface area (Å²) in [5.74, 6) is -1.55. The molecule has 1 N–H and O–H groups in total. The lowest BCUT2D eigenvalue weighted by atomic mass is 10.0. The molecular formula is C23H25F2NO3. The van der Waals surface area contributed by atoms with E-state index >= 15 is 0 Å². The first-order valence-corrected chi connectivity index (χ1v) is 10.1. The van der Waals surface area contributed by atoms with Crippen LogP contribution in [0, 0.1) is 11.6 Å². The second kappa shape index (κ2) is 8.11. The Morgan fingerprint density at radius 3 is 2.55 bits per heavy atom. The standard InChI is InChI=1S/C23H25F2NO3/c1-14(15-6-8-17(24)9-7-15)26-10-2-3-18(13-26)29-22-12-21(25)20(23(27)28)11-19(22)16-4-5-16/h6-9,11-12,14,16,18H,2-5,10,13H2,1H3,(H,27,28)/t14-,18-/m1/s1. The molecule has 2 aromatic carbocycles. The van der Waals surface area contributed by atoms with Gasteiger partial charge in [0.25, 0.3) is 0 Å². The molecule has 0 bridgehead atoms. The van der Waals surface area contributed by atoms with Crippen LogP contribution >= 0.6 is 0 Å². The molecular weight excluding hydrogens is 376 g/mol. The molecule has 2 aromatic rings. The second-order valence-electron chi connectivity index (χ2n) is 8.05. The first kappa shape index (κ1) is 19.8. The Balaban J connectivity index is 1.50. The summed E-state index contributed by atoms with van der Waals surface area (Å²) in [6.45, 7) is 3.69. The molecule has 0 radical (unpaired) electrons. The monoisotopic (exact) mass is 401 g/mol. The predicted molar refractivity (Wildman–Crippen MR) is 105 cm³/mol. The van der Waals surface area contributed by atoms with Gasteiger partial charge >= 0.3 is 5.97 Å². The summed E-state index contributed by atoms with van der Waals surface area (Å²) < 4.78 is 33.7. The van der Waals surface area contributed by atoms with Crippen molar-refractivity contribution >= 4 is 5.97 Å². The first-order valence-electron chi connectivity index (χ1n) is 10.1. The van der Waals surface area contributed by atoms with Gasteiger partial charge in [-0.2, -0.15) is 0 Å². The van der Waals surface area contributed by atoms with Crippen LogP contribution in [0.4, 0.5) is 8.78 Å². The van der Waals surface area contributed by atoms with E-state index < -0.39 is 11.8 Å². The Morgan fingerprint density at radius 1 is 1.17 bits per heavy atom. The number of carboxylic acid groups (broad SMARTS) is 1. The minimum Gasteiger partial charge on any atom is -0.489 e. The number of nitrogens with zero attached hydrogens (tertiary/aromatic N) is 1. The maximum atomic E-state index is 14.3. The van der Waals surface area contributed by atoms with Gasteiger partial charge in [0.2, 0.25) is 0 Å². The van der Waals surface area contributed by atoms with Crippen molar-refractivity contribution < 1.29 is 23.4 Å². The van der Waals surface area contributed by atoms with E-state index in [4.69, 9.17) is 4.74 Å². The summed E-state index contributed by atoms with van der Waals surface area (Å²) in [6.07, 6.45) is 3.65. The lowest BCUT2D eigenvalue weighted by Gasteiger charge is -2.37. The lowest BCUT2D eigenvalue weighted by Crippen LogP contribution is -2.42. The van der Waals surface area contributed by atoms with Crippen LogP contribution in [0.3, 0.4) is 0 Å². The maximum Gasteiger partial charge on any atom is 0.338 e. The van der Waals surface area contributed by atoms with Crippen molar-refractivity contribution in [2.75, 3.05) is 13.1 Å². The minimum atomic E-state index is -1.26. The summed E-state index contributed by atoms with van der Waals surface area (Å²) in [5.41, 5.74) is 1.55. The molecule has 0 unspecified atom stereocenters. The van der Waals surface area contributed by atoms with Crippen LogP contribution in [0.1, 0.15) is 66.1 Å². The summed E-state index contributed by atoms with van der Waals surface area (Å²) in [7, 11) is 0. The van der Waals surface area contributed by atoms with Gasteiger partial charge in [-0.05, 0) is 74.4 Å². The highest BCUT2D eigenvalue weighted by Gasteiger charge is 2.32. The molecule has 2 aliphatic rings. The summed E-state index contributed by atoms with van der Waals surface area (Å²) >= 11 is 0. The number of rotatable bonds is 6. The molecule has 1 heterocycles. The third kappa shape index (κ3) is 4.42. The van der Waals surface area contributed by atoms with E-state index in [1.54, 1.807) is 12.1 Å². The zero-order valence-electron chi connectivity index (χ0n) is 16.4. The van der Waals surface area contributed by atoms with E-state index in [0.29, 0.717) is 12.3 Å². The molecule has 0 spiro atoms. The Labute approximate surface area is 169 Å². The average molecular weight is 401 g/mol. The zero-order valence-corrected chi connectivity index (χ0v) is 16.4. The molecule has 0 aromatic heterocycles. The summed E-state index contributed by atoms with van der Waals surface area (Å²) in [4.78, 5) is 13.6. The van der Waals surface area contributed by atoms with Crippen molar-refractivity contribution in [1.29, 1.82) is 0 Å². The van der Waals surface area contributed by atoms with Gasteiger partial charge in [0.1, 0.15) is 23.5 Å². The van der Waals surface area contributed by atoms with E-state index in [2.05, 4.69) is 11.8 Å². The van der Waals surface area contributed by atoms with Crippen molar-refractivity contribution in [3.8, 4) is 5.75 Å². The number of halogens is 2. The number of carboxylic acids is 1. The number of hydrogen-bond donors (Lipinski definition) is 1. The van der Waals surface area contributed by atoms with Crippen LogP contribution in [0.15, 0.2) is 36.4 Å². The van der Waals surface area contributed by atoms with Gasteiger partial charge in [-0.1, -0.05) is 12.1 Å². The number of benzene rings is 2. The first-order chi connectivity index (χ1) is 13.9. The molecule has 1 aliphatic carbocycles. The van der Waals surface area contributed by atoms with E-state index in [1.807, 2.05) is 0 Å². The van der Waals surface area contributed by atoms with Crippen molar-refractivity contribution in [2.45, 2.75) is 50.7 Å². The Kier molecular flexibility index (Phi) is 5.54. The topological polar surface area (TPSA) is 49.8 Å². The highest BCUT2D eigenvalue weighted by atomic mass is 19.1. The van der Waals surface area contributed by atoms with Gasteiger partial charge in [-0.25, -0.2) is 13.6 Å². The fourth-order valence-electron chi connectivity index (χ4n) is 4.10. The third-order valence-electron chi connectivity index (χ3n) is 5.95. The minimum absolute atomic E-state index is 0.0979. The second-order valence-corrected chi connectivity index (χ2v) is 8.05. The quantitative estimate of drug-likeness (QED) is 0.728. The number of likely N-dealkylation sites (tertiary alicyclic amines) is 1. The van der Waals surface area contributed by atoms with Crippen LogP contribution < -0.4 is 4.74 Å². The van der Waals surface area contributed by atoms with Crippen LogP contribution in [0.5, 0.6) is 5.75 Å². The molecule has 154 valence electrons. The van der Waals surface area contributed by atoms with Crippen molar-refractivity contribution in [2.24, 2.45) is 0 Å². The highest BCUT2D eigenvalue weighted by Crippen LogP contribution is 2.45. The Bertz CT molecular complexity index is 896. The fraction of sp³-hybridized carbons (Fsp3) is 0.435. The highest BCUT2D eigenvalue weighted by molar-refractivity contribution is 5.88. The third-order valence-corrected chi connectivity index (χ3v) is 5.95. The van der Waals surface area contributed by atoms with E-state index in [1.165, 1.54) is 24.3 Å². The van der Waals surface area contributed by atoms with Crippen molar-refractivity contribution in [3.05, 3.63) is 64.7 Å². The molecule has 4 nitrogen and oxygen atoms in total. The fourth-order valence-corrected chi connectivity index (χ4v) is 4.10. The number of ether oxygens (including phenoxy) is 1. The number of carbonyl (C=O) groups is 1. The SMILES string of the molecule is C[C@H](c1ccc(F)cc1)N1CCC[C@@H](Oc2cc(F)c(C(=O)O)cc2C2CC2)C1. The number of aromatic carboxylic acids is 1. The Hall–Kier alpha value is -2.47. The van der Waals surface area contributed by atoms with Crippen LogP contribution in [0.2, 0.25) is 0 Å². The molecule has 1 saturated carbocycles. The molecule has 1 aliphatic heterocycles. The molecule has 29 heavy (non-hydrogen) atoms. The predicted octanol–water partition coefficient (Wildman–Crippen LogP) is 5.14. The lowest BCUT2D eigenvalue weighted by molar-refractivity contribution is 0.0647. The van der Waals surface area contributed by atoms with Crippen LogP contribution in [-0.2, 0) is 0 Å².